The maximum atomic E-state index is 14.5. The van der Waals surface area contributed by atoms with Crippen molar-refractivity contribution in [3.8, 4) is 5.75 Å². The zero-order valence-corrected chi connectivity index (χ0v) is 24.5. The number of aryl methyl sites for hydroxylation is 1. The van der Waals surface area contributed by atoms with Crippen LogP contribution in [0.25, 0.3) is 11.8 Å². The zero-order chi connectivity index (χ0) is 28.8. The first-order valence-electron chi connectivity index (χ1n) is 13.5. The van der Waals surface area contributed by atoms with E-state index in [0.29, 0.717) is 25.1 Å². The van der Waals surface area contributed by atoms with E-state index in [1.807, 2.05) is 54.6 Å². The van der Waals surface area contributed by atoms with Gasteiger partial charge >= 0.3 is 0 Å². The van der Waals surface area contributed by atoms with Gasteiger partial charge in [-0.15, -0.1) is 0 Å². The summed E-state index contributed by atoms with van der Waals surface area (Å²) >= 11 is 13.7. The third-order valence-corrected chi connectivity index (χ3v) is 9.21. The molecule has 42 heavy (non-hydrogen) atoms. The quantitative estimate of drug-likeness (QED) is 0.208. The molecular weight excluding hydrogens is 590 g/mol. The van der Waals surface area contributed by atoms with Crippen molar-refractivity contribution in [2.24, 2.45) is 4.99 Å². The van der Waals surface area contributed by atoms with Gasteiger partial charge in [0.2, 0.25) is 0 Å². The lowest BCUT2D eigenvalue weighted by Crippen LogP contribution is -2.38. The van der Waals surface area contributed by atoms with Crippen LogP contribution in [-0.4, -0.2) is 4.57 Å². The van der Waals surface area contributed by atoms with E-state index in [1.54, 1.807) is 22.8 Å². The minimum absolute atomic E-state index is 0.172. The molecule has 4 nitrogen and oxygen atoms in total. The SMILES string of the molecule is O=c1c(=Cc2ccccc2OCc2ccc(Cl)cc2Cl)sc2n1[C@H](c1cccc(F)c1)C1=C(N=2)c2ccccc2CC1. The molecule has 7 rings (SSSR count). The first kappa shape index (κ1) is 26.9. The van der Waals surface area contributed by atoms with Gasteiger partial charge in [-0.25, -0.2) is 9.38 Å². The Morgan fingerprint density at radius 1 is 0.976 bits per heavy atom. The number of allylic oxidation sites excluding steroid dienone is 1. The van der Waals surface area contributed by atoms with Crippen LogP contribution < -0.4 is 19.6 Å². The summed E-state index contributed by atoms with van der Waals surface area (Å²) in [4.78, 5) is 19.7. The van der Waals surface area contributed by atoms with Gasteiger partial charge in [0.1, 0.15) is 18.2 Å². The molecule has 1 aliphatic heterocycles. The average molecular weight is 614 g/mol. The second kappa shape index (κ2) is 11.0. The molecule has 2 heterocycles. The highest BCUT2D eigenvalue weighted by Crippen LogP contribution is 2.41. The predicted molar refractivity (Wildman–Crippen MR) is 166 cm³/mol. The Balaban J connectivity index is 1.35. The van der Waals surface area contributed by atoms with Crippen LogP contribution in [0.2, 0.25) is 10.0 Å². The molecule has 0 unspecified atom stereocenters. The van der Waals surface area contributed by atoms with Gasteiger partial charge in [-0.2, -0.15) is 0 Å². The van der Waals surface area contributed by atoms with Gasteiger partial charge in [-0.3, -0.25) is 9.36 Å². The molecule has 1 atom stereocenters. The van der Waals surface area contributed by atoms with E-state index >= 15 is 0 Å². The fraction of sp³-hybridized carbons (Fsp3) is 0.118. The molecule has 0 saturated carbocycles. The van der Waals surface area contributed by atoms with Crippen LogP contribution in [0.4, 0.5) is 4.39 Å². The standard InChI is InChI=1S/C34H23Cl2FN2O2S/c35-24-14-12-23(28(36)18-24)19-41-29-11-4-2-7-21(29)17-30-33(40)39-32(22-8-5-9-25(37)16-22)27-15-13-20-6-1-3-10-26(20)31(27)38-34(39)42-30/h1-12,14,16-18,32H,13,15,19H2/t32-/m1/s1. The van der Waals surface area contributed by atoms with E-state index in [2.05, 4.69) is 12.1 Å². The van der Waals surface area contributed by atoms with E-state index in [0.717, 1.165) is 46.4 Å². The number of benzene rings is 4. The van der Waals surface area contributed by atoms with Crippen molar-refractivity contribution in [2.45, 2.75) is 25.5 Å². The van der Waals surface area contributed by atoms with Crippen molar-refractivity contribution in [3.05, 3.63) is 160 Å². The average Bonchev–Trinajstić information content (AvgIpc) is 3.30. The van der Waals surface area contributed by atoms with Crippen LogP contribution in [0.3, 0.4) is 0 Å². The smallest absolute Gasteiger partial charge is 0.271 e. The number of para-hydroxylation sites is 1. The van der Waals surface area contributed by atoms with Crippen LogP contribution in [-0.2, 0) is 13.0 Å². The Bertz CT molecular complexity index is 2080. The fourth-order valence-corrected chi connectivity index (χ4v) is 7.12. The van der Waals surface area contributed by atoms with Crippen molar-refractivity contribution >= 4 is 46.3 Å². The molecule has 1 aliphatic carbocycles. The maximum absolute atomic E-state index is 14.5. The number of fused-ring (bicyclic) bond motifs is 3. The summed E-state index contributed by atoms with van der Waals surface area (Å²) in [5.74, 6) is 0.279. The molecule has 5 aromatic rings. The Morgan fingerprint density at radius 2 is 1.81 bits per heavy atom. The topological polar surface area (TPSA) is 43.6 Å². The lowest BCUT2D eigenvalue weighted by Gasteiger charge is -2.30. The van der Waals surface area contributed by atoms with Gasteiger partial charge in [-0.05, 0) is 65.9 Å². The molecule has 8 heteroatoms. The summed E-state index contributed by atoms with van der Waals surface area (Å²) in [7, 11) is 0. The van der Waals surface area contributed by atoms with Gasteiger partial charge < -0.3 is 4.74 Å². The lowest BCUT2D eigenvalue weighted by molar-refractivity contribution is 0.305. The zero-order valence-electron chi connectivity index (χ0n) is 22.2. The number of hydrogen-bond acceptors (Lipinski definition) is 4. The van der Waals surface area contributed by atoms with Crippen molar-refractivity contribution in [1.82, 2.24) is 4.57 Å². The molecule has 1 aromatic heterocycles. The third kappa shape index (κ3) is 4.90. The maximum Gasteiger partial charge on any atom is 0.271 e. The second-order valence-electron chi connectivity index (χ2n) is 10.2. The summed E-state index contributed by atoms with van der Waals surface area (Å²) in [6, 6.07) is 27.1. The minimum Gasteiger partial charge on any atom is -0.488 e. The Labute approximate surface area is 255 Å². The van der Waals surface area contributed by atoms with Crippen LogP contribution in [0, 0.1) is 5.82 Å². The number of thiazole rings is 1. The summed E-state index contributed by atoms with van der Waals surface area (Å²) in [5.41, 5.74) is 6.31. The van der Waals surface area contributed by atoms with E-state index in [1.165, 1.54) is 29.0 Å². The Kier molecular flexibility index (Phi) is 7.06. The van der Waals surface area contributed by atoms with E-state index in [9.17, 15) is 9.18 Å². The van der Waals surface area contributed by atoms with Crippen LogP contribution in [0.15, 0.2) is 106 Å². The van der Waals surface area contributed by atoms with Gasteiger partial charge in [0.25, 0.3) is 5.56 Å². The molecule has 2 aliphatic rings. The Morgan fingerprint density at radius 3 is 2.67 bits per heavy atom. The number of halogens is 3. The molecular formula is C34H23Cl2FN2O2S. The van der Waals surface area contributed by atoms with Crippen molar-refractivity contribution in [3.63, 3.8) is 0 Å². The van der Waals surface area contributed by atoms with E-state index in [-0.39, 0.29) is 18.0 Å². The van der Waals surface area contributed by atoms with Crippen molar-refractivity contribution < 1.29 is 9.13 Å². The van der Waals surface area contributed by atoms with Gasteiger partial charge in [-0.1, -0.05) is 95.2 Å². The molecule has 4 aromatic carbocycles. The number of nitrogens with zero attached hydrogens (tertiary/aromatic N) is 2. The molecule has 0 N–H and O–H groups in total. The first-order valence-corrected chi connectivity index (χ1v) is 15.1. The molecule has 0 amide bonds. The molecule has 0 spiro atoms. The Hall–Kier alpha value is -3.97. The molecule has 0 fully saturated rings. The summed E-state index contributed by atoms with van der Waals surface area (Å²) in [6.07, 6.45) is 3.41. The third-order valence-electron chi connectivity index (χ3n) is 7.64. The van der Waals surface area contributed by atoms with Crippen LogP contribution in [0.1, 0.15) is 40.3 Å². The molecule has 0 radical (unpaired) electrons. The number of ether oxygens (including phenoxy) is 1. The lowest BCUT2D eigenvalue weighted by atomic mass is 9.83. The van der Waals surface area contributed by atoms with Crippen molar-refractivity contribution in [2.75, 3.05) is 0 Å². The largest absolute Gasteiger partial charge is 0.488 e. The minimum atomic E-state index is -0.444. The van der Waals surface area contributed by atoms with E-state index in [4.69, 9.17) is 32.9 Å². The number of rotatable bonds is 5. The fourth-order valence-electron chi connectivity index (χ4n) is 5.67. The van der Waals surface area contributed by atoms with Crippen LogP contribution >= 0.6 is 34.5 Å². The van der Waals surface area contributed by atoms with Crippen molar-refractivity contribution in [1.29, 1.82) is 0 Å². The highest BCUT2D eigenvalue weighted by atomic mass is 35.5. The number of hydrogen-bond donors (Lipinski definition) is 0. The van der Waals surface area contributed by atoms with Gasteiger partial charge in [0.05, 0.1) is 16.3 Å². The number of aromatic nitrogens is 1. The normalized spacial score (nSPS) is 16.0. The predicted octanol–water partition coefficient (Wildman–Crippen LogP) is 7.34. The monoisotopic (exact) mass is 612 g/mol. The summed E-state index contributed by atoms with van der Waals surface area (Å²) in [6.45, 7) is 0.244. The molecule has 208 valence electrons. The highest BCUT2D eigenvalue weighted by molar-refractivity contribution is 7.07. The second-order valence-corrected chi connectivity index (χ2v) is 12.1. The summed E-state index contributed by atoms with van der Waals surface area (Å²) in [5, 5.41) is 1.08. The van der Waals surface area contributed by atoms with Crippen LogP contribution in [0.5, 0.6) is 5.75 Å². The first-order chi connectivity index (χ1) is 20.5. The molecule has 0 bridgehead atoms. The van der Waals surface area contributed by atoms with E-state index < -0.39 is 6.04 Å². The highest BCUT2D eigenvalue weighted by Gasteiger charge is 2.32. The molecule has 0 saturated heterocycles. The van der Waals surface area contributed by atoms with Gasteiger partial charge in [0, 0.05) is 26.7 Å². The van der Waals surface area contributed by atoms with Gasteiger partial charge in [0.15, 0.2) is 4.80 Å². The summed E-state index contributed by atoms with van der Waals surface area (Å²) < 4.78 is 22.9.